The Bertz CT molecular complexity index is 1740. The molecule has 4 aromatic rings. The summed E-state index contributed by atoms with van der Waals surface area (Å²) in [5.74, 6) is -0.162. The number of pyridine rings is 2. The molecule has 1 amide bonds. The first kappa shape index (κ1) is 28.5. The number of rotatable bonds is 4. The molecular formula is C30H32ClFN6O3. The summed E-state index contributed by atoms with van der Waals surface area (Å²) in [7, 11) is 0. The van der Waals surface area contributed by atoms with Crippen LogP contribution in [0.25, 0.3) is 28.0 Å². The zero-order valence-electron chi connectivity index (χ0n) is 23.8. The van der Waals surface area contributed by atoms with E-state index in [0.717, 1.165) is 11.3 Å². The fourth-order valence-electron chi connectivity index (χ4n) is 5.61. The zero-order valence-corrected chi connectivity index (χ0v) is 24.6. The third-order valence-electron chi connectivity index (χ3n) is 7.54. The third kappa shape index (κ3) is 5.01. The average molecular weight is 579 g/mol. The van der Waals surface area contributed by atoms with Crippen molar-refractivity contribution >= 4 is 34.5 Å². The van der Waals surface area contributed by atoms with Crippen molar-refractivity contribution in [3.05, 3.63) is 74.7 Å². The van der Waals surface area contributed by atoms with Gasteiger partial charge in [0.1, 0.15) is 11.6 Å². The van der Waals surface area contributed by atoms with Crippen LogP contribution in [0.1, 0.15) is 50.6 Å². The fourth-order valence-corrected chi connectivity index (χ4v) is 5.86. The Balaban J connectivity index is 1.86. The maximum atomic E-state index is 15.0. The minimum Gasteiger partial charge on any atom is -0.465 e. The maximum absolute atomic E-state index is 15.0. The van der Waals surface area contributed by atoms with E-state index in [-0.39, 0.29) is 46.5 Å². The molecule has 41 heavy (non-hydrogen) atoms. The summed E-state index contributed by atoms with van der Waals surface area (Å²) in [6, 6.07) is 9.13. The van der Waals surface area contributed by atoms with Crippen LogP contribution in [-0.2, 0) is 0 Å². The van der Waals surface area contributed by atoms with Crippen LogP contribution in [-0.4, -0.2) is 60.8 Å². The van der Waals surface area contributed by atoms with E-state index in [1.807, 2.05) is 52.5 Å². The molecule has 0 spiro atoms. The number of piperazine rings is 1. The van der Waals surface area contributed by atoms with Crippen LogP contribution in [0.2, 0.25) is 5.02 Å². The monoisotopic (exact) mass is 578 g/mol. The lowest BCUT2D eigenvalue weighted by Gasteiger charge is -2.43. The molecule has 0 saturated carbocycles. The van der Waals surface area contributed by atoms with E-state index in [0.29, 0.717) is 29.1 Å². The molecule has 0 aliphatic carbocycles. The first-order chi connectivity index (χ1) is 19.4. The molecule has 0 radical (unpaired) electrons. The first-order valence-corrected chi connectivity index (χ1v) is 13.9. The van der Waals surface area contributed by atoms with Crippen molar-refractivity contribution < 1.29 is 14.3 Å². The highest BCUT2D eigenvalue weighted by Gasteiger charge is 2.34. The van der Waals surface area contributed by atoms with E-state index >= 15 is 0 Å². The van der Waals surface area contributed by atoms with Crippen molar-refractivity contribution in [3.63, 3.8) is 0 Å². The molecule has 11 heteroatoms. The number of nitrogens with zero attached hydrogens (tertiary/aromatic N) is 6. The van der Waals surface area contributed by atoms with Gasteiger partial charge in [-0.2, -0.15) is 4.98 Å². The Morgan fingerprint density at radius 3 is 2.44 bits per heavy atom. The van der Waals surface area contributed by atoms with Crippen LogP contribution in [0.3, 0.4) is 0 Å². The van der Waals surface area contributed by atoms with Crippen molar-refractivity contribution in [1.29, 1.82) is 0 Å². The second-order valence-electron chi connectivity index (χ2n) is 11.0. The number of carbonyl (C=O) groups is 1. The molecule has 1 aliphatic rings. The van der Waals surface area contributed by atoms with Gasteiger partial charge in [-0.05, 0) is 63.4 Å². The quantitative estimate of drug-likeness (QED) is 0.319. The van der Waals surface area contributed by atoms with Gasteiger partial charge in [-0.1, -0.05) is 37.6 Å². The standard InChI is InChI=1S/C30H32ClFN6O3/c1-15(2)24-26(16(3)11-17(4)33-24)38-28-21(12-22(31)25(34-28)20-9-7-8-10-23(20)32)27(35-29(38)39)36-13-19(6)37(30(40)41)14-18(36)5/h7-12,15,18-19H,13-14H2,1-6H3,(H,40,41)/t18-,19+/m0/s1. The van der Waals surface area contributed by atoms with E-state index in [9.17, 15) is 19.1 Å². The van der Waals surface area contributed by atoms with Crippen molar-refractivity contribution in [1.82, 2.24) is 24.4 Å². The highest BCUT2D eigenvalue weighted by atomic mass is 35.5. The second-order valence-corrected chi connectivity index (χ2v) is 11.4. The van der Waals surface area contributed by atoms with E-state index in [1.54, 1.807) is 24.3 Å². The number of fused-ring (bicyclic) bond motifs is 1. The number of halogens is 2. The molecule has 3 aromatic heterocycles. The molecule has 0 bridgehead atoms. The molecule has 1 fully saturated rings. The number of carboxylic acid groups (broad SMARTS) is 1. The summed E-state index contributed by atoms with van der Waals surface area (Å²) in [5, 5.41) is 10.3. The summed E-state index contributed by atoms with van der Waals surface area (Å²) >= 11 is 6.76. The fraction of sp³-hybridized carbons (Fsp3) is 0.367. The van der Waals surface area contributed by atoms with Gasteiger partial charge in [0, 0.05) is 36.4 Å². The lowest BCUT2D eigenvalue weighted by Crippen LogP contribution is -2.58. The number of anilines is 1. The molecule has 9 nitrogen and oxygen atoms in total. The van der Waals surface area contributed by atoms with Gasteiger partial charge in [0.15, 0.2) is 5.65 Å². The largest absolute Gasteiger partial charge is 0.465 e. The first-order valence-electron chi connectivity index (χ1n) is 13.5. The van der Waals surface area contributed by atoms with Crippen LogP contribution in [0.15, 0.2) is 41.2 Å². The van der Waals surface area contributed by atoms with Crippen LogP contribution in [0.5, 0.6) is 0 Å². The average Bonchev–Trinajstić information content (AvgIpc) is 2.90. The van der Waals surface area contributed by atoms with Crippen LogP contribution >= 0.6 is 11.6 Å². The number of hydrogen-bond acceptors (Lipinski definition) is 6. The smallest absolute Gasteiger partial charge is 0.407 e. The molecule has 0 unspecified atom stereocenters. The van der Waals surface area contributed by atoms with Gasteiger partial charge in [-0.3, -0.25) is 4.98 Å². The molecular weight excluding hydrogens is 547 g/mol. The maximum Gasteiger partial charge on any atom is 0.407 e. The molecule has 1 aliphatic heterocycles. The summed E-state index contributed by atoms with van der Waals surface area (Å²) in [6.07, 6.45) is -1.000. The Hall–Kier alpha value is -4.05. The molecule has 1 saturated heterocycles. The number of amides is 1. The minimum absolute atomic E-state index is 0.0199. The lowest BCUT2D eigenvalue weighted by molar-refractivity contribution is 0.114. The highest BCUT2D eigenvalue weighted by Crippen LogP contribution is 2.36. The highest BCUT2D eigenvalue weighted by molar-refractivity contribution is 6.33. The van der Waals surface area contributed by atoms with Crippen LogP contribution < -0.4 is 10.6 Å². The van der Waals surface area contributed by atoms with Gasteiger partial charge in [-0.25, -0.2) is 23.5 Å². The number of aromatic nitrogens is 4. The van der Waals surface area contributed by atoms with Crippen LogP contribution in [0.4, 0.5) is 15.0 Å². The number of benzene rings is 1. The topological polar surface area (TPSA) is 104 Å². The van der Waals surface area contributed by atoms with Gasteiger partial charge in [-0.15, -0.1) is 0 Å². The Morgan fingerprint density at radius 2 is 1.78 bits per heavy atom. The van der Waals surface area contributed by atoms with Gasteiger partial charge < -0.3 is 14.9 Å². The lowest BCUT2D eigenvalue weighted by atomic mass is 10.0. The van der Waals surface area contributed by atoms with E-state index in [2.05, 4.69) is 4.98 Å². The molecule has 1 aromatic carbocycles. The summed E-state index contributed by atoms with van der Waals surface area (Å²) in [5.41, 5.74) is 3.02. The summed E-state index contributed by atoms with van der Waals surface area (Å²) in [4.78, 5) is 43.2. The zero-order chi connectivity index (χ0) is 29.7. The Kier molecular flexibility index (Phi) is 7.46. The van der Waals surface area contributed by atoms with Gasteiger partial charge in [0.05, 0.1) is 27.5 Å². The van der Waals surface area contributed by atoms with E-state index in [4.69, 9.17) is 21.6 Å². The van der Waals surface area contributed by atoms with Gasteiger partial charge in [0.2, 0.25) is 0 Å². The number of hydrogen-bond donors (Lipinski definition) is 1. The second kappa shape index (κ2) is 10.7. The Labute approximate surface area is 242 Å². The molecule has 214 valence electrons. The molecule has 5 rings (SSSR count). The predicted molar refractivity (Wildman–Crippen MR) is 158 cm³/mol. The molecule has 4 heterocycles. The molecule has 2 atom stereocenters. The van der Waals surface area contributed by atoms with Gasteiger partial charge in [0.25, 0.3) is 0 Å². The number of aryl methyl sites for hydroxylation is 2. The van der Waals surface area contributed by atoms with Crippen molar-refractivity contribution in [2.75, 3.05) is 18.0 Å². The Morgan fingerprint density at radius 1 is 1.07 bits per heavy atom. The van der Waals surface area contributed by atoms with Crippen molar-refractivity contribution in [2.24, 2.45) is 0 Å². The van der Waals surface area contributed by atoms with E-state index in [1.165, 1.54) is 15.5 Å². The minimum atomic E-state index is -1.000. The third-order valence-corrected chi connectivity index (χ3v) is 7.83. The van der Waals surface area contributed by atoms with Crippen molar-refractivity contribution in [2.45, 2.75) is 59.5 Å². The normalized spacial score (nSPS) is 17.5. The predicted octanol–water partition coefficient (Wildman–Crippen LogP) is 5.95. The van der Waals surface area contributed by atoms with Crippen molar-refractivity contribution in [3.8, 4) is 16.9 Å². The van der Waals surface area contributed by atoms with Crippen LogP contribution in [0, 0.1) is 19.7 Å². The summed E-state index contributed by atoms with van der Waals surface area (Å²) in [6.45, 7) is 12.1. The molecule has 1 N–H and O–H groups in total. The SMILES string of the molecule is Cc1cc(C)c(-n2c(=O)nc(N3C[C@@H](C)N(C(=O)O)C[C@@H]3C)c3cc(Cl)c(-c4ccccc4F)nc32)c(C(C)C)n1. The van der Waals surface area contributed by atoms with E-state index < -0.39 is 17.6 Å². The summed E-state index contributed by atoms with van der Waals surface area (Å²) < 4.78 is 16.4. The van der Waals surface area contributed by atoms with Gasteiger partial charge >= 0.3 is 11.8 Å².